The highest BCUT2D eigenvalue weighted by atomic mass is 35.5. The van der Waals surface area contributed by atoms with E-state index in [4.69, 9.17) is 11.6 Å². The van der Waals surface area contributed by atoms with E-state index in [0.717, 1.165) is 5.69 Å². The number of aromatic nitrogens is 4. The quantitative estimate of drug-likeness (QED) is 0.465. The Morgan fingerprint density at radius 2 is 1.93 bits per heavy atom. The van der Waals surface area contributed by atoms with Crippen LogP contribution in [0.2, 0.25) is 5.02 Å². The van der Waals surface area contributed by atoms with Crippen molar-refractivity contribution in [2.75, 3.05) is 5.32 Å². The molecule has 0 fully saturated rings. The molecule has 1 aromatic carbocycles. The van der Waals surface area contributed by atoms with Crippen LogP contribution in [0.15, 0.2) is 30.3 Å². The minimum Gasteiger partial charge on any atom is -0.358 e. The van der Waals surface area contributed by atoms with Crippen molar-refractivity contribution in [1.29, 1.82) is 0 Å². The van der Waals surface area contributed by atoms with Gasteiger partial charge in [0.15, 0.2) is 5.82 Å². The summed E-state index contributed by atoms with van der Waals surface area (Å²) < 4.78 is 16.2. The van der Waals surface area contributed by atoms with Gasteiger partial charge in [-0.05, 0) is 36.5 Å². The summed E-state index contributed by atoms with van der Waals surface area (Å²) >= 11 is 6.06. The van der Waals surface area contributed by atoms with Crippen LogP contribution in [0.3, 0.4) is 0 Å². The molecule has 11 heteroatoms. The first kappa shape index (κ1) is 20.5. The van der Waals surface area contributed by atoms with Crippen LogP contribution in [-0.2, 0) is 17.9 Å². The summed E-state index contributed by atoms with van der Waals surface area (Å²) in [7, 11) is 0. The van der Waals surface area contributed by atoms with Gasteiger partial charge in [-0.1, -0.05) is 17.7 Å². The van der Waals surface area contributed by atoms with Gasteiger partial charge in [-0.15, -0.1) is 0 Å². The van der Waals surface area contributed by atoms with Gasteiger partial charge in [0.05, 0.1) is 29.9 Å². The molecule has 0 aliphatic heterocycles. The van der Waals surface area contributed by atoms with Crippen molar-refractivity contribution in [2.24, 2.45) is 0 Å². The second-order valence-electron chi connectivity index (χ2n) is 6.49. The molecule has 0 saturated carbocycles. The predicted molar refractivity (Wildman–Crippen MR) is 104 cm³/mol. The van der Waals surface area contributed by atoms with Crippen molar-refractivity contribution < 1.29 is 14.1 Å². The molecule has 2 aromatic heterocycles. The predicted octanol–water partition coefficient (Wildman–Crippen LogP) is 3.47. The smallest absolute Gasteiger partial charge is 0.358 e. The SMILES string of the molecule is Cc1cc(NC(=O)CCn2nc([N+](=O)[O-])cc2C)nn1Cc1ccc(F)cc1Cl. The van der Waals surface area contributed by atoms with Crippen LogP contribution >= 0.6 is 11.6 Å². The molecule has 0 atom stereocenters. The lowest BCUT2D eigenvalue weighted by molar-refractivity contribution is -0.389. The molecular formula is C18H18ClFN6O3. The summed E-state index contributed by atoms with van der Waals surface area (Å²) in [6.45, 7) is 4.04. The second-order valence-corrected chi connectivity index (χ2v) is 6.89. The number of nitro groups is 1. The molecule has 1 amide bonds. The highest BCUT2D eigenvalue weighted by Crippen LogP contribution is 2.20. The number of hydrogen-bond donors (Lipinski definition) is 1. The number of halogens is 2. The maximum atomic E-state index is 13.2. The Morgan fingerprint density at radius 1 is 1.21 bits per heavy atom. The number of nitrogens with zero attached hydrogens (tertiary/aromatic N) is 5. The van der Waals surface area contributed by atoms with Gasteiger partial charge < -0.3 is 15.4 Å². The standard InChI is InChI=1S/C18H18ClFN6O3/c1-11-7-16(22-25(11)10-13-3-4-14(20)9-15(13)19)21-18(27)5-6-24-12(2)8-17(23-24)26(28)29/h3-4,7-9H,5-6,10H2,1-2H3,(H,21,22,27). The number of nitrogens with one attached hydrogen (secondary N) is 1. The lowest BCUT2D eigenvalue weighted by atomic mass is 10.2. The summed E-state index contributed by atoms with van der Waals surface area (Å²) in [5, 5.41) is 21.9. The molecule has 1 N–H and O–H groups in total. The molecule has 0 radical (unpaired) electrons. The normalized spacial score (nSPS) is 10.9. The van der Waals surface area contributed by atoms with Crippen molar-refractivity contribution in [3.8, 4) is 0 Å². The number of amides is 1. The van der Waals surface area contributed by atoms with Crippen LogP contribution in [0, 0.1) is 29.8 Å². The summed E-state index contributed by atoms with van der Waals surface area (Å²) in [5.74, 6) is -0.598. The zero-order valence-corrected chi connectivity index (χ0v) is 16.5. The molecule has 0 aliphatic rings. The number of hydrogen-bond acceptors (Lipinski definition) is 5. The molecule has 3 rings (SSSR count). The van der Waals surface area contributed by atoms with Crippen LogP contribution in [0.5, 0.6) is 0 Å². The van der Waals surface area contributed by atoms with Crippen molar-refractivity contribution in [3.63, 3.8) is 0 Å². The van der Waals surface area contributed by atoms with Crippen LogP contribution in [0.4, 0.5) is 16.0 Å². The fraction of sp³-hybridized carbons (Fsp3) is 0.278. The molecule has 0 aliphatic carbocycles. The van der Waals surface area contributed by atoms with E-state index < -0.39 is 10.7 Å². The third kappa shape index (κ3) is 4.96. The molecular weight excluding hydrogens is 403 g/mol. The number of carbonyl (C=O) groups excluding carboxylic acids is 1. The average Bonchev–Trinajstić information content (AvgIpc) is 3.18. The van der Waals surface area contributed by atoms with E-state index in [-0.39, 0.29) is 24.7 Å². The largest absolute Gasteiger partial charge is 0.390 e. The monoisotopic (exact) mass is 420 g/mol. The van der Waals surface area contributed by atoms with Crippen molar-refractivity contribution >= 4 is 29.1 Å². The number of anilines is 1. The van der Waals surface area contributed by atoms with Crippen LogP contribution < -0.4 is 5.32 Å². The van der Waals surface area contributed by atoms with E-state index in [1.807, 2.05) is 6.92 Å². The van der Waals surface area contributed by atoms with E-state index in [1.54, 1.807) is 23.7 Å². The average molecular weight is 421 g/mol. The van der Waals surface area contributed by atoms with Gasteiger partial charge >= 0.3 is 5.82 Å². The number of aryl methyl sites for hydroxylation is 3. The highest BCUT2D eigenvalue weighted by Gasteiger charge is 2.16. The lowest BCUT2D eigenvalue weighted by Crippen LogP contribution is -2.16. The van der Waals surface area contributed by atoms with Crippen LogP contribution in [0.25, 0.3) is 0 Å². The van der Waals surface area contributed by atoms with Gasteiger partial charge in [-0.25, -0.2) is 4.39 Å². The Balaban J connectivity index is 1.61. The highest BCUT2D eigenvalue weighted by molar-refractivity contribution is 6.31. The topological polar surface area (TPSA) is 108 Å². The van der Waals surface area contributed by atoms with E-state index >= 15 is 0 Å². The lowest BCUT2D eigenvalue weighted by Gasteiger charge is -2.07. The number of benzene rings is 1. The summed E-state index contributed by atoms with van der Waals surface area (Å²) in [5.41, 5.74) is 2.09. The van der Waals surface area contributed by atoms with E-state index in [9.17, 15) is 19.3 Å². The van der Waals surface area contributed by atoms with Gasteiger partial charge in [0.25, 0.3) is 0 Å². The number of rotatable bonds is 7. The molecule has 2 heterocycles. The van der Waals surface area contributed by atoms with E-state index in [2.05, 4.69) is 15.5 Å². The van der Waals surface area contributed by atoms with Crippen LogP contribution in [0.1, 0.15) is 23.4 Å². The first-order valence-electron chi connectivity index (χ1n) is 8.70. The fourth-order valence-electron chi connectivity index (χ4n) is 2.76. The second kappa shape index (κ2) is 8.39. The van der Waals surface area contributed by atoms with E-state index in [0.29, 0.717) is 28.6 Å². The van der Waals surface area contributed by atoms with Gasteiger partial charge in [-0.3, -0.25) is 9.48 Å². The summed E-state index contributed by atoms with van der Waals surface area (Å²) in [4.78, 5) is 22.4. The fourth-order valence-corrected chi connectivity index (χ4v) is 2.99. The molecule has 0 spiro atoms. The van der Waals surface area contributed by atoms with Crippen molar-refractivity contribution in [2.45, 2.75) is 33.4 Å². The maximum absolute atomic E-state index is 13.2. The molecule has 0 bridgehead atoms. The summed E-state index contributed by atoms with van der Waals surface area (Å²) in [6.07, 6.45) is 0.0787. The van der Waals surface area contributed by atoms with Crippen molar-refractivity contribution in [1.82, 2.24) is 19.6 Å². The van der Waals surface area contributed by atoms with Crippen LogP contribution in [-0.4, -0.2) is 30.4 Å². The maximum Gasteiger partial charge on any atom is 0.390 e. The third-order valence-corrected chi connectivity index (χ3v) is 4.64. The Kier molecular flexibility index (Phi) is 5.92. The molecule has 0 saturated heterocycles. The minimum atomic E-state index is -0.577. The van der Waals surface area contributed by atoms with Gasteiger partial charge in [-0.2, -0.15) is 9.78 Å². The van der Waals surface area contributed by atoms with Gasteiger partial charge in [0.1, 0.15) is 5.82 Å². The Morgan fingerprint density at radius 3 is 2.59 bits per heavy atom. The molecule has 152 valence electrons. The third-order valence-electron chi connectivity index (χ3n) is 4.29. The van der Waals surface area contributed by atoms with E-state index in [1.165, 1.54) is 22.9 Å². The zero-order valence-electron chi connectivity index (χ0n) is 15.7. The Labute approximate surface area is 170 Å². The number of carbonyl (C=O) groups is 1. The van der Waals surface area contributed by atoms with Crippen molar-refractivity contribution in [3.05, 3.63) is 68.2 Å². The summed E-state index contributed by atoms with van der Waals surface area (Å²) in [6, 6.07) is 7.20. The zero-order chi connectivity index (χ0) is 21.1. The Hall–Kier alpha value is -3.27. The molecule has 3 aromatic rings. The molecule has 0 unspecified atom stereocenters. The molecule has 9 nitrogen and oxygen atoms in total. The first-order chi connectivity index (χ1) is 13.7. The first-order valence-corrected chi connectivity index (χ1v) is 9.08. The minimum absolute atomic E-state index is 0.0787. The molecule has 29 heavy (non-hydrogen) atoms. The van der Waals surface area contributed by atoms with Gasteiger partial charge in [0.2, 0.25) is 5.91 Å². The van der Waals surface area contributed by atoms with Gasteiger partial charge in [0, 0.05) is 23.2 Å². The Bertz CT molecular complexity index is 1080.